The molecule has 0 aliphatic carbocycles. The maximum atomic E-state index is 10.1. The van der Waals surface area contributed by atoms with Crippen molar-refractivity contribution >= 4 is 11.9 Å². The predicted octanol–water partition coefficient (Wildman–Crippen LogP) is 0.348. The second-order valence-corrected chi connectivity index (χ2v) is 1.89. The number of carbonyl (C=O) groups is 2. The van der Waals surface area contributed by atoms with Crippen molar-refractivity contribution in [2.75, 3.05) is 0 Å². The van der Waals surface area contributed by atoms with Crippen LogP contribution in [0.2, 0.25) is 0 Å². The van der Waals surface area contributed by atoms with Gasteiger partial charge in [-0.1, -0.05) is 6.58 Å². The van der Waals surface area contributed by atoms with Crippen molar-refractivity contribution in [3.8, 4) is 0 Å². The van der Waals surface area contributed by atoms with E-state index < -0.39 is 17.9 Å². The molecule has 0 aromatic rings. The maximum Gasteiger partial charge on any atom is 0.331 e. The van der Waals surface area contributed by atoms with E-state index in [9.17, 15) is 9.59 Å². The molecule has 0 aliphatic rings. The molecule has 4 nitrogen and oxygen atoms in total. The monoisotopic (exact) mass is 144 g/mol. The lowest BCUT2D eigenvalue weighted by Crippen LogP contribution is -2.17. The normalized spacial score (nSPS) is 12.1. The maximum absolute atomic E-state index is 10.1. The minimum Gasteiger partial charge on any atom is -0.481 e. The minimum atomic E-state index is -1.27. The Kier molecular flexibility index (Phi) is 2.61. The first kappa shape index (κ1) is 8.68. The van der Waals surface area contributed by atoms with Crippen molar-refractivity contribution in [2.24, 2.45) is 5.92 Å². The van der Waals surface area contributed by atoms with E-state index in [1.807, 2.05) is 0 Å². The van der Waals surface area contributed by atoms with Crippen LogP contribution in [-0.2, 0) is 9.59 Å². The van der Waals surface area contributed by atoms with Crippen molar-refractivity contribution in [1.29, 1.82) is 0 Å². The van der Waals surface area contributed by atoms with Crippen molar-refractivity contribution in [3.63, 3.8) is 0 Å². The Balaban J connectivity index is 4.22. The quantitative estimate of drug-likeness (QED) is 0.560. The Morgan fingerprint density at radius 1 is 1.40 bits per heavy atom. The van der Waals surface area contributed by atoms with E-state index in [-0.39, 0.29) is 5.57 Å². The van der Waals surface area contributed by atoms with E-state index in [0.717, 1.165) is 0 Å². The summed E-state index contributed by atoms with van der Waals surface area (Å²) in [6.07, 6.45) is 0. The van der Waals surface area contributed by atoms with Gasteiger partial charge in [0.25, 0.3) is 0 Å². The van der Waals surface area contributed by atoms with Gasteiger partial charge in [0.1, 0.15) is 0 Å². The second-order valence-electron chi connectivity index (χ2n) is 1.89. The Hall–Kier alpha value is -1.32. The van der Waals surface area contributed by atoms with E-state index in [1.165, 1.54) is 6.92 Å². The molecule has 10 heavy (non-hydrogen) atoms. The van der Waals surface area contributed by atoms with Crippen molar-refractivity contribution in [2.45, 2.75) is 6.92 Å². The molecule has 0 spiro atoms. The molecule has 0 radical (unpaired) electrons. The van der Waals surface area contributed by atoms with E-state index >= 15 is 0 Å². The van der Waals surface area contributed by atoms with Crippen LogP contribution in [0.1, 0.15) is 6.92 Å². The summed E-state index contributed by atoms with van der Waals surface area (Å²) in [4.78, 5) is 20.2. The lowest BCUT2D eigenvalue weighted by molar-refractivity contribution is -0.143. The standard InChI is InChI=1S/C6H8O4/c1-3(5(7)8)4(2)6(9)10/h4H,1H2,2H3,(H,7,8)(H,9,10)/t4-/m0/s1. The highest BCUT2D eigenvalue weighted by Gasteiger charge is 2.19. The lowest BCUT2D eigenvalue weighted by atomic mass is 10.0. The molecule has 0 fully saturated rings. The van der Waals surface area contributed by atoms with Gasteiger partial charge >= 0.3 is 11.9 Å². The first-order valence-electron chi connectivity index (χ1n) is 2.61. The van der Waals surface area contributed by atoms with Gasteiger partial charge < -0.3 is 10.2 Å². The molecule has 0 rings (SSSR count). The van der Waals surface area contributed by atoms with Gasteiger partial charge in [-0.25, -0.2) is 4.79 Å². The highest BCUT2D eigenvalue weighted by molar-refractivity contribution is 5.92. The summed E-state index contributed by atoms with van der Waals surface area (Å²) < 4.78 is 0. The molecule has 0 unspecified atom stereocenters. The molecular formula is C6H8O4. The second kappa shape index (κ2) is 3.00. The molecule has 0 heterocycles. The van der Waals surface area contributed by atoms with Crippen LogP contribution in [0, 0.1) is 5.92 Å². The van der Waals surface area contributed by atoms with Gasteiger partial charge in [-0.3, -0.25) is 4.79 Å². The van der Waals surface area contributed by atoms with Crippen molar-refractivity contribution < 1.29 is 19.8 Å². The zero-order valence-electron chi connectivity index (χ0n) is 5.50. The van der Waals surface area contributed by atoms with Crippen LogP contribution in [0.5, 0.6) is 0 Å². The third-order valence-corrected chi connectivity index (χ3v) is 1.17. The number of hydrogen-bond acceptors (Lipinski definition) is 2. The van der Waals surface area contributed by atoms with Gasteiger partial charge in [-0.15, -0.1) is 0 Å². The van der Waals surface area contributed by atoms with Crippen LogP contribution in [0.25, 0.3) is 0 Å². The van der Waals surface area contributed by atoms with Gasteiger partial charge in [-0.05, 0) is 6.92 Å². The average Bonchev–Trinajstić information content (AvgIpc) is 1.84. The number of hydrogen-bond donors (Lipinski definition) is 2. The summed E-state index contributed by atoms with van der Waals surface area (Å²) >= 11 is 0. The molecule has 0 aromatic carbocycles. The van der Waals surface area contributed by atoms with Gasteiger partial charge in [-0.2, -0.15) is 0 Å². The summed E-state index contributed by atoms with van der Waals surface area (Å²) in [6, 6.07) is 0. The summed E-state index contributed by atoms with van der Waals surface area (Å²) in [5, 5.41) is 16.5. The number of carboxylic acid groups (broad SMARTS) is 2. The zero-order chi connectivity index (χ0) is 8.31. The summed E-state index contributed by atoms with van der Waals surface area (Å²) in [6.45, 7) is 4.37. The summed E-state index contributed by atoms with van der Waals surface area (Å²) in [5.74, 6) is -3.46. The Bertz CT molecular complexity index is 182. The molecule has 0 saturated carbocycles. The Labute approximate surface area is 57.8 Å². The summed E-state index contributed by atoms with van der Waals surface area (Å²) in [7, 11) is 0. The molecule has 0 saturated heterocycles. The molecule has 4 heteroatoms. The minimum absolute atomic E-state index is 0.299. The average molecular weight is 144 g/mol. The van der Waals surface area contributed by atoms with Gasteiger partial charge in [0.05, 0.1) is 5.92 Å². The van der Waals surface area contributed by atoms with Crippen LogP contribution >= 0.6 is 0 Å². The predicted molar refractivity (Wildman–Crippen MR) is 33.6 cm³/mol. The van der Waals surface area contributed by atoms with Crippen LogP contribution < -0.4 is 0 Å². The van der Waals surface area contributed by atoms with E-state index in [1.54, 1.807) is 0 Å². The van der Waals surface area contributed by atoms with Crippen molar-refractivity contribution in [1.82, 2.24) is 0 Å². The van der Waals surface area contributed by atoms with Gasteiger partial charge in [0.15, 0.2) is 0 Å². The number of carboxylic acids is 2. The first-order valence-corrected chi connectivity index (χ1v) is 2.61. The van der Waals surface area contributed by atoms with Crippen LogP contribution in [0.3, 0.4) is 0 Å². The first-order chi connectivity index (χ1) is 4.46. The fourth-order valence-electron chi connectivity index (χ4n) is 0.334. The fraction of sp³-hybridized carbons (Fsp3) is 0.333. The number of aliphatic carboxylic acids is 2. The Morgan fingerprint density at radius 3 is 1.90 bits per heavy atom. The third-order valence-electron chi connectivity index (χ3n) is 1.17. The Morgan fingerprint density at radius 2 is 1.80 bits per heavy atom. The smallest absolute Gasteiger partial charge is 0.331 e. The van der Waals surface area contributed by atoms with Crippen molar-refractivity contribution in [3.05, 3.63) is 12.2 Å². The lowest BCUT2D eigenvalue weighted by Gasteiger charge is -2.03. The molecule has 0 bridgehead atoms. The topological polar surface area (TPSA) is 74.6 Å². The number of rotatable bonds is 3. The highest BCUT2D eigenvalue weighted by atomic mass is 16.4. The SMILES string of the molecule is C=C(C(=O)O)[C@H](C)C(=O)O. The molecule has 56 valence electrons. The molecule has 1 atom stereocenters. The van der Waals surface area contributed by atoms with Crippen LogP contribution in [0.4, 0.5) is 0 Å². The van der Waals surface area contributed by atoms with E-state index in [4.69, 9.17) is 10.2 Å². The molecule has 2 N–H and O–H groups in total. The summed E-state index contributed by atoms with van der Waals surface area (Å²) in [5.41, 5.74) is -0.299. The molecular weight excluding hydrogens is 136 g/mol. The molecule has 0 aromatic heterocycles. The molecule has 0 aliphatic heterocycles. The fourth-order valence-corrected chi connectivity index (χ4v) is 0.334. The van der Waals surface area contributed by atoms with Gasteiger partial charge in [0.2, 0.25) is 0 Å². The van der Waals surface area contributed by atoms with E-state index in [0.29, 0.717) is 0 Å². The van der Waals surface area contributed by atoms with Crippen LogP contribution in [0.15, 0.2) is 12.2 Å². The van der Waals surface area contributed by atoms with E-state index in [2.05, 4.69) is 6.58 Å². The zero-order valence-corrected chi connectivity index (χ0v) is 5.50. The largest absolute Gasteiger partial charge is 0.481 e. The molecule has 0 amide bonds. The van der Waals surface area contributed by atoms with Crippen LogP contribution in [-0.4, -0.2) is 22.2 Å². The third kappa shape index (κ3) is 1.89. The van der Waals surface area contributed by atoms with Gasteiger partial charge in [0, 0.05) is 5.57 Å². The highest BCUT2D eigenvalue weighted by Crippen LogP contribution is 2.07.